The first-order chi connectivity index (χ1) is 7.18. The number of ketones is 1. The largest absolute Gasteiger partial charge is 0.289 e. The number of carbonyl (C=O) groups is 1. The average Bonchev–Trinajstić information content (AvgIpc) is 2.74. The molecule has 0 saturated heterocycles. The fourth-order valence-electron chi connectivity index (χ4n) is 1.20. The van der Waals surface area contributed by atoms with Crippen LogP contribution in [0.5, 0.6) is 0 Å². The predicted octanol–water partition coefficient (Wildman–Crippen LogP) is 4.40. The minimum atomic E-state index is 0.0219. The van der Waals surface area contributed by atoms with E-state index in [1.54, 1.807) is 18.2 Å². The molecule has 0 aliphatic rings. The molecule has 15 heavy (non-hydrogen) atoms. The summed E-state index contributed by atoms with van der Waals surface area (Å²) in [5.41, 5.74) is 1.36. The second-order valence-electron chi connectivity index (χ2n) is 2.97. The van der Waals surface area contributed by atoms with Gasteiger partial charge in [-0.1, -0.05) is 11.6 Å². The second kappa shape index (κ2) is 4.47. The van der Waals surface area contributed by atoms with Gasteiger partial charge in [0.1, 0.15) is 0 Å². The molecule has 4 heteroatoms. The quantitative estimate of drug-likeness (QED) is 0.752. The van der Waals surface area contributed by atoms with Crippen molar-refractivity contribution >= 4 is 44.7 Å². The average molecular weight is 302 g/mol. The zero-order chi connectivity index (χ0) is 10.8. The highest BCUT2D eigenvalue weighted by atomic mass is 79.9. The highest BCUT2D eigenvalue weighted by Crippen LogP contribution is 2.24. The molecule has 0 spiro atoms. The van der Waals surface area contributed by atoms with E-state index >= 15 is 0 Å². The molecule has 0 saturated carbocycles. The van der Waals surface area contributed by atoms with Crippen molar-refractivity contribution in [1.29, 1.82) is 0 Å². The second-order valence-corrected chi connectivity index (χ2v) is 5.01. The van der Waals surface area contributed by atoms with Crippen molar-refractivity contribution < 1.29 is 4.79 Å². The first-order valence-electron chi connectivity index (χ1n) is 4.20. The minimum Gasteiger partial charge on any atom is -0.289 e. The lowest BCUT2D eigenvalue weighted by atomic mass is 10.1. The number of rotatable bonds is 2. The van der Waals surface area contributed by atoms with Crippen molar-refractivity contribution in [3.63, 3.8) is 0 Å². The van der Waals surface area contributed by atoms with E-state index in [2.05, 4.69) is 15.9 Å². The molecule has 1 aromatic heterocycles. The van der Waals surface area contributed by atoms with Gasteiger partial charge in [0.15, 0.2) is 5.78 Å². The number of benzene rings is 1. The van der Waals surface area contributed by atoms with Gasteiger partial charge in [-0.2, -0.15) is 11.3 Å². The van der Waals surface area contributed by atoms with Crippen molar-refractivity contribution in [1.82, 2.24) is 0 Å². The van der Waals surface area contributed by atoms with Gasteiger partial charge in [-0.15, -0.1) is 0 Å². The fraction of sp³-hybridized carbons (Fsp3) is 0. The molecule has 1 nitrogen and oxygen atoms in total. The highest BCUT2D eigenvalue weighted by molar-refractivity contribution is 9.10. The van der Waals surface area contributed by atoms with Crippen LogP contribution in [-0.2, 0) is 0 Å². The Labute approximate surface area is 105 Å². The monoisotopic (exact) mass is 300 g/mol. The van der Waals surface area contributed by atoms with Crippen LogP contribution in [0.25, 0.3) is 0 Å². The van der Waals surface area contributed by atoms with E-state index in [4.69, 9.17) is 11.6 Å². The van der Waals surface area contributed by atoms with Crippen molar-refractivity contribution in [2.75, 3.05) is 0 Å². The van der Waals surface area contributed by atoms with Crippen LogP contribution in [0.3, 0.4) is 0 Å². The van der Waals surface area contributed by atoms with E-state index in [1.807, 2.05) is 16.8 Å². The molecule has 0 unspecified atom stereocenters. The predicted molar refractivity (Wildman–Crippen MR) is 66.9 cm³/mol. The van der Waals surface area contributed by atoms with Crippen LogP contribution in [0, 0.1) is 0 Å². The maximum absolute atomic E-state index is 11.9. The molecule has 1 aromatic carbocycles. The van der Waals surface area contributed by atoms with Crippen LogP contribution in [0.4, 0.5) is 0 Å². The molecule has 0 bridgehead atoms. The van der Waals surface area contributed by atoms with Gasteiger partial charge in [-0.25, -0.2) is 0 Å². The molecule has 0 amide bonds. The summed E-state index contributed by atoms with van der Waals surface area (Å²) in [4.78, 5) is 11.9. The first kappa shape index (κ1) is 10.9. The number of thiophene rings is 1. The Morgan fingerprint density at radius 3 is 2.67 bits per heavy atom. The Bertz CT molecular complexity index is 493. The number of hydrogen-bond acceptors (Lipinski definition) is 2. The van der Waals surface area contributed by atoms with Gasteiger partial charge in [0.2, 0.25) is 0 Å². The molecule has 0 N–H and O–H groups in total. The minimum absolute atomic E-state index is 0.0219. The Kier molecular flexibility index (Phi) is 3.24. The zero-order valence-corrected chi connectivity index (χ0v) is 10.7. The lowest BCUT2D eigenvalue weighted by Crippen LogP contribution is -1.99. The molecule has 1 heterocycles. The van der Waals surface area contributed by atoms with E-state index in [0.29, 0.717) is 16.1 Å². The van der Waals surface area contributed by atoms with Gasteiger partial charge in [0.05, 0.1) is 5.02 Å². The standard InChI is InChI=1S/C11H6BrClOS/c12-9-5-7(1-2-10(9)13)11(14)8-3-4-15-6-8/h1-6H. The molecule has 0 atom stereocenters. The lowest BCUT2D eigenvalue weighted by molar-refractivity contribution is 0.103. The number of hydrogen-bond donors (Lipinski definition) is 0. The molecule has 0 fully saturated rings. The van der Waals surface area contributed by atoms with Gasteiger partial charge in [0.25, 0.3) is 0 Å². The molecular weight excluding hydrogens is 296 g/mol. The van der Waals surface area contributed by atoms with Gasteiger partial charge >= 0.3 is 0 Å². The Morgan fingerprint density at radius 1 is 1.27 bits per heavy atom. The third kappa shape index (κ3) is 2.30. The zero-order valence-electron chi connectivity index (χ0n) is 7.54. The van der Waals surface area contributed by atoms with Crippen LogP contribution in [-0.4, -0.2) is 5.78 Å². The van der Waals surface area contributed by atoms with Gasteiger partial charge in [0, 0.05) is 21.0 Å². The Balaban J connectivity index is 2.39. The van der Waals surface area contributed by atoms with Crippen molar-refractivity contribution in [3.05, 3.63) is 55.6 Å². The molecule has 0 aliphatic heterocycles. The lowest BCUT2D eigenvalue weighted by Gasteiger charge is -2.00. The SMILES string of the molecule is O=C(c1ccsc1)c1ccc(Cl)c(Br)c1. The van der Waals surface area contributed by atoms with Gasteiger partial charge in [-0.3, -0.25) is 4.79 Å². The van der Waals surface area contributed by atoms with E-state index < -0.39 is 0 Å². The molecule has 0 aliphatic carbocycles. The van der Waals surface area contributed by atoms with Crippen LogP contribution >= 0.6 is 38.9 Å². The molecule has 2 rings (SSSR count). The summed E-state index contributed by atoms with van der Waals surface area (Å²) in [6.07, 6.45) is 0. The third-order valence-corrected chi connectivity index (χ3v) is 3.86. The van der Waals surface area contributed by atoms with E-state index in [9.17, 15) is 4.79 Å². The fourth-order valence-corrected chi connectivity index (χ4v) is 2.33. The topological polar surface area (TPSA) is 17.1 Å². The summed E-state index contributed by atoms with van der Waals surface area (Å²) in [5.74, 6) is 0.0219. The van der Waals surface area contributed by atoms with E-state index in [-0.39, 0.29) is 5.78 Å². The van der Waals surface area contributed by atoms with Crippen molar-refractivity contribution in [3.8, 4) is 0 Å². The van der Waals surface area contributed by atoms with Gasteiger partial charge in [-0.05, 0) is 45.6 Å². The van der Waals surface area contributed by atoms with Crippen molar-refractivity contribution in [2.24, 2.45) is 0 Å². The maximum atomic E-state index is 11.9. The van der Waals surface area contributed by atoms with Gasteiger partial charge < -0.3 is 0 Å². The van der Waals surface area contributed by atoms with E-state index in [1.165, 1.54) is 11.3 Å². The normalized spacial score (nSPS) is 10.3. The van der Waals surface area contributed by atoms with Crippen molar-refractivity contribution in [2.45, 2.75) is 0 Å². The molecule has 76 valence electrons. The molecule has 0 radical (unpaired) electrons. The number of halogens is 2. The summed E-state index contributed by atoms with van der Waals surface area (Å²) in [7, 11) is 0. The summed E-state index contributed by atoms with van der Waals surface area (Å²) >= 11 is 10.7. The van der Waals surface area contributed by atoms with Crippen LogP contribution in [0.1, 0.15) is 15.9 Å². The summed E-state index contributed by atoms with van der Waals surface area (Å²) in [5, 5.41) is 4.33. The Hall–Kier alpha value is -0.640. The summed E-state index contributed by atoms with van der Waals surface area (Å²) in [6.45, 7) is 0. The molecular formula is C11H6BrClOS. The summed E-state index contributed by atoms with van der Waals surface area (Å²) < 4.78 is 0.741. The first-order valence-corrected chi connectivity index (χ1v) is 6.32. The Morgan fingerprint density at radius 2 is 2.07 bits per heavy atom. The van der Waals surface area contributed by atoms with Crippen LogP contribution in [0.15, 0.2) is 39.5 Å². The summed E-state index contributed by atoms with van der Waals surface area (Å²) in [6, 6.07) is 7.00. The highest BCUT2D eigenvalue weighted by Gasteiger charge is 2.10. The third-order valence-electron chi connectivity index (χ3n) is 1.97. The number of carbonyl (C=O) groups excluding carboxylic acids is 1. The van der Waals surface area contributed by atoms with Crippen LogP contribution < -0.4 is 0 Å². The van der Waals surface area contributed by atoms with E-state index in [0.717, 1.165) is 4.47 Å². The smallest absolute Gasteiger partial charge is 0.193 e. The molecule has 2 aromatic rings. The maximum Gasteiger partial charge on any atom is 0.193 e. The van der Waals surface area contributed by atoms with Crippen LogP contribution in [0.2, 0.25) is 5.02 Å².